The van der Waals surface area contributed by atoms with Gasteiger partial charge >= 0.3 is 11.9 Å². The lowest BCUT2D eigenvalue weighted by Gasteiger charge is -2.12. The van der Waals surface area contributed by atoms with Crippen LogP contribution in [-0.4, -0.2) is 16.3 Å². The summed E-state index contributed by atoms with van der Waals surface area (Å²) in [7, 11) is 0. The van der Waals surface area contributed by atoms with E-state index in [0.29, 0.717) is 11.1 Å². The van der Waals surface area contributed by atoms with Crippen LogP contribution in [0.1, 0.15) is 48.5 Å². The van der Waals surface area contributed by atoms with E-state index in [-0.39, 0.29) is 0 Å². The van der Waals surface area contributed by atoms with Crippen LogP contribution in [0.2, 0.25) is 0 Å². The number of carbonyl (C=O) groups is 2. The molecule has 4 heterocycles. The molecule has 4 rings (SSSR count). The van der Waals surface area contributed by atoms with E-state index in [1.54, 1.807) is 0 Å². The number of ether oxygens (including phenoxy) is 1. The fourth-order valence-electron chi connectivity index (χ4n) is 3.70. The Balaban J connectivity index is 2.46. The SMILES string of the molecule is Cc1c(C)c2c(C)c(C)c3c4c(c(c1C)n23)C(=O)OC4=O. The number of cyclic esters (lactones) is 2. The van der Waals surface area contributed by atoms with E-state index in [2.05, 4.69) is 25.2 Å². The van der Waals surface area contributed by atoms with E-state index in [9.17, 15) is 9.59 Å². The standard InChI is InChI=1S/C17H15NO3/c1-6-7(2)13-9(4)10(5)15-12-11(16(19)21-17(12)20)14(8(6)3)18(13)15/h1-5H3. The van der Waals surface area contributed by atoms with Gasteiger partial charge in [0.05, 0.1) is 16.6 Å². The van der Waals surface area contributed by atoms with Crippen molar-refractivity contribution in [2.75, 3.05) is 0 Å². The van der Waals surface area contributed by atoms with Gasteiger partial charge in [0.25, 0.3) is 0 Å². The predicted molar refractivity (Wildman–Crippen MR) is 79.5 cm³/mol. The van der Waals surface area contributed by atoms with Gasteiger partial charge in [-0.3, -0.25) is 0 Å². The Bertz CT molecular complexity index is 976. The molecule has 1 aliphatic heterocycles. The molecule has 0 aromatic carbocycles. The Hall–Kier alpha value is -2.36. The Morgan fingerprint density at radius 1 is 0.619 bits per heavy atom. The van der Waals surface area contributed by atoms with Crippen LogP contribution < -0.4 is 0 Å². The quantitative estimate of drug-likeness (QED) is 0.469. The van der Waals surface area contributed by atoms with E-state index in [1.807, 2.05) is 13.8 Å². The molecule has 21 heavy (non-hydrogen) atoms. The van der Waals surface area contributed by atoms with Crippen LogP contribution in [0.15, 0.2) is 0 Å². The van der Waals surface area contributed by atoms with Gasteiger partial charge in [-0.05, 0) is 62.4 Å². The summed E-state index contributed by atoms with van der Waals surface area (Å²) in [5, 5.41) is 0. The molecular formula is C17H15NO3. The Labute approximate surface area is 121 Å². The van der Waals surface area contributed by atoms with Gasteiger partial charge in [0.2, 0.25) is 0 Å². The van der Waals surface area contributed by atoms with Gasteiger partial charge in [0, 0.05) is 0 Å². The van der Waals surface area contributed by atoms with Crippen molar-refractivity contribution < 1.29 is 14.3 Å². The monoisotopic (exact) mass is 281 g/mol. The lowest BCUT2D eigenvalue weighted by atomic mass is 9.98. The molecule has 3 aromatic rings. The second-order valence-corrected chi connectivity index (χ2v) is 5.93. The molecule has 0 amide bonds. The van der Waals surface area contributed by atoms with Crippen molar-refractivity contribution in [1.82, 2.24) is 4.40 Å². The van der Waals surface area contributed by atoms with Gasteiger partial charge in [-0.25, -0.2) is 9.59 Å². The fourth-order valence-corrected chi connectivity index (χ4v) is 3.70. The minimum atomic E-state index is -0.525. The summed E-state index contributed by atoms with van der Waals surface area (Å²) in [6.07, 6.45) is 0. The van der Waals surface area contributed by atoms with Gasteiger partial charge in [0.15, 0.2) is 0 Å². The maximum Gasteiger partial charge on any atom is 0.349 e. The number of fused-ring (bicyclic) bond motifs is 3. The maximum atomic E-state index is 12.1. The van der Waals surface area contributed by atoms with E-state index in [4.69, 9.17) is 4.74 Å². The molecule has 4 heteroatoms. The maximum absolute atomic E-state index is 12.1. The molecule has 0 unspecified atom stereocenters. The normalized spacial score (nSPS) is 14.5. The third kappa shape index (κ3) is 1.14. The van der Waals surface area contributed by atoms with Crippen LogP contribution in [0, 0.1) is 34.6 Å². The van der Waals surface area contributed by atoms with Crippen molar-refractivity contribution in [2.45, 2.75) is 34.6 Å². The number of carbonyl (C=O) groups excluding carboxylic acids is 2. The van der Waals surface area contributed by atoms with Crippen LogP contribution in [0.5, 0.6) is 0 Å². The minimum absolute atomic E-state index is 0.434. The van der Waals surface area contributed by atoms with Crippen molar-refractivity contribution in [2.24, 2.45) is 0 Å². The molecule has 0 aliphatic carbocycles. The zero-order valence-corrected chi connectivity index (χ0v) is 12.7. The molecule has 0 saturated carbocycles. The number of aryl methyl sites for hydroxylation is 4. The zero-order valence-electron chi connectivity index (χ0n) is 12.7. The van der Waals surface area contributed by atoms with Crippen molar-refractivity contribution in [3.05, 3.63) is 38.9 Å². The summed E-state index contributed by atoms with van der Waals surface area (Å²) in [6.45, 7) is 10.2. The van der Waals surface area contributed by atoms with Crippen molar-refractivity contribution in [3.63, 3.8) is 0 Å². The number of aromatic nitrogens is 1. The van der Waals surface area contributed by atoms with Crippen LogP contribution >= 0.6 is 0 Å². The molecule has 0 atom stereocenters. The molecule has 0 fully saturated rings. The highest BCUT2D eigenvalue weighted by molar-refractivity contribution is 6.24. The highest BCUT2D eigenvalue weighted by atomic mass is 16.6. The molecule has 0 spiro atoms. The van der Waals surface area contributed by atoms with E-state index in [1.165, 1.54) is 5.56 Å². The largest absolute Gasteiger partial charge is 0.386 e. The molecule has 0 bridgehead atoms. The first-order chi connectivity index (χ1) is 9.86. The first-order valence-electron chi connectivity index (χ1n) is 6.99. The molecule has 3 aromatic heterocycles. The van der Waals surface area contributed by atoms with Crippen LogP contribution in [0.25, 0.3) is 16.6 Å². The van der Waals surface area contributed by atoms with Gasteiger partial charge in [-0.2, -0.15) is 0 Å². The van der Waals surface area contributed by atoms with E-state index >= 15 is 0 Å². The lowest BCUT2D eigenvalue weighted by Crippen LogP contribution is -2.03. The predicted octanol–water partition coefficient (Wildman–Crippen LogP) is 3.38. The van der Waals surface area contributed by atoms with Crippen LogP contribution in [-0.2, 0) is 4.74 Å². The Kier molecular flexibility index (Phi) is 2.03. The second-order valence-electron chi connectivity index (χ2n) is 5.93. The zero-order chi connectivity index (χ0) is 15.2. The van der Waals surface area contributed by atoms with E-state index < -0.39 is 11.9 Å². The second kappa shape index (κ2) is 3.45. The first-order valence-corrected chi connectivity index (χ1v) is 6.99. The van der Waals surface area contributed by atoms with Crippen LogP contribution in [0.4, 0.5) is 0 Å². The summed E-state index contributed by atoms with van der Waals surface area (Å²) in [6, 6.07) is 0. The molecule has 0 N–H and O–H groups in total. The number of nitrogens with zero attached hydrogens (tertiary/aromatic N) is 1. The van der Waals surface area contributed by atoms with Gasteiger partial charge in [0.1, 0.15) is 11.1 Å². The third-order valence-electron chi connectivity index (χ3n) is 5.10. The molecule has 4 nitrogen and oxygen atoms in total. The van der Waals surface area contributed by atoms with Crippen molar-refractivity contribution in [3.8, 4) is 0 Å². The third-order valence-corrected chi connectivity index (χ3v) is 5.10. The van der Waals surface area contributed by atoms with Gasteiger partial charge < -0.3 is 9.14 Å². The number of esters is 2. The highest BCUT2D eigenvalue weighted by Crippen LogP contribution is 2.41. The lowest BCUT2D eigenvalue weighted by molar-refractivity contribution is 0.0444. The molecule has 0 saturated heterocycles. The topological polar surface area (TPSA) is 47.8 Å². The summed E-state index contributed by atoms with van der Waals surface area (Å²) in [5.41, 5.74) is 9.22. The number of hydrogen-bond acceptors (Lipinski definition) is 3. The molecule has 1 aliphatic rings. The fraction of sp³-hybridized carbons (Fsp3) is 0.294. The summed E-state index contributed by atoms with van der Waals surface area (Å²) in [5.74, 6) is -1.05. The van der Waals surface area contributed by atoms with E-state index in [0.717, 1.165) is 38.8 Å². The van der Waals surface area contributed by atoms with Gasteiger partial charge in [-0.1, -0.05) is 0 Å². The highest BCUT2D eigenvalue weighted by Gasteiger charge is 2.39. The Morgan fingerprint density at radius 2 is 1.00 bits per heavy atom. The Morgan fingerprint density at radius 3 is 1.52 bits per heavy atom. The van der Waals surface area contributed by atoms with Crippen molar-refractivity contribution >= 4 is 28.5 Å². The average Bonchev–Trinajstić information content (AvgIpc) is 3.00. The van der Waals surface area contributed by atoms with Crippen LogP contribution in [0.3, 0.4) is 0 Å². The average molecular weight is 281 g/mol. The summed E-state index contributed by atoms with van der Waals surface area (Å²) in [4.78, 5) is 24.2. The summed E-state index contributed by atoms with van der Waals surface area (Å²) < 4.78 is 6.92. The smallest absolute Gasteiger partial charge is 0.349 e. The molecule has 0 radical (unpaired) electrons. The number of rotatable bonds is 0. The van der Waals surface area contributed by atoms with Crippen molar-refractivity contribution in [1.29, 1.82) is 0 Å². The number of pyridine rings is 1. The van der Waals surface area contributed by atoms with Gasteiger partial charge in [-0.15, -0.1) is 0 Å². The number of hydrogen-bond donors (Lipinski definition) is 0. The molecule has 106 valence electrons. The molecular weight excluding hydrogens is 266 g/mol. The first kappa shape index (κ1) is 12.4. The summed E-state index contributed by atoms with van der Waals surface area (Å²) >= 11 is 0. The minimum Gasteiger partial charge on any atom is -0.386 e.